The zero-order valence-corrected chi connectivity index (χ0v) is 11.2. The van der Waals surface area contributed by atoms with E-state index in [9.17, 15) is 13.2 Å². The third kappa shape index (κ3) is 1.92. The van der Waals surface area contributed by atoms with Gasteiger partial charge in [-0.1, -0.05) is 0 Å². The molecule has 1 aromatic rings. The van der Waals surface area contributed by atoms with Crippen molar-refractivity contribution >= 4 is 5.69 Å². The van der Waals surface area contributed by atoms with Crippen molar-refractivity contribution in [3.63, 3.8) is 0 Å². The number of hydrogen-bond acceptors (Lipinski definition) is 1. The van der Waals surface area contributed by atoms with Gasteiger partial charge in [0.25, 0.3) is 0 Å². The van der Waals surface area contributed by atoms with Crippen LogP contribution in [0.25, 0.3) is 0 Å². The van der Waals surface area contributed by atoms with E-state index in [1.54, 1.807) is 0 Å². The molecule has 20 heavy (non-hydrogen) atoms. The number of benzene rings is 1. The quantitative estimate of drug-likeness (QED) is 0.795. The Kier molecular flexibility index (Phi) is 2.76. The van der Waals surface area contributed by atoms with Crippen molar-refractivity contribution in [1.82, 2.24) is 0 Å². The predicted octanol–water partition coefficient (Wildman–Crippen LogP) is 4.34. The van der Waals surface area contributed by atoms with Crippen LogP contribution in [0, 0.1) is 41.1 Å². The number of nitrogens with one attached hydrogen (secondary N) is 1. The van der Waals surface area contributed by atoms with Gasteiger partial charge >= 0.3 is 0 Å². The fraction of sp³-hybridized carbons (Fsp3) is 0.625. The Labute approximate surface area is 116 Å². The lowest BCUT2D eigenvalue weighted by molar-refractivity contribution is 0.00752. The Morgan fingerprint density at radius 3 is 1.80 bits per heavy atom. The molecule has 0 aromatic heterocycles. The van der Waals surface area contributed by atoms with Crippen molar-refractivity contribution in [2.24, 2.45) is 23.7 Å². The van der Waals surface area contributed by atoms with Crippen molar-refractivity contribution in [3.05, 3.63) is 29.6 Å². The Bertz CT molecular complexity index is 492. The van der Waals surface area contributed by atoms with E-state index in [-0.39, 0.29) is 0 Å². The molecule has 4 heteroatoms. The molecule has 1 N–H and O–H groups in total. The lowest BCUT2D eigenvalue weighted by atomic mass is 9.54. The smallest absolute Gasteiger partial charge is 0.194 e. The summed E-state index contributed by atoms with van der Waals surface area (Å²) in [6.07, 6.45) is 6.31. The summed E-state index contributed by atoms with van der Waals surface area (Å²) in [5, 5.41) is 3.29. The summed E-state index contributed by atoms with van der Waals surface area (Å²) in [6, 6.07) is 2.44. The molecule has 0 aliphatic heterocycles. The summed E-state index contributed by atoms with van der Waals surface area (Å²) in [6.45, 7) is 0. The summed E-state index contributed by atoms with van der Waals surface area (Å²) >= 11 is 0. The van der Waals surface area contributed by atoms with Gasteiger partial charge in [-0.15, -0.1) is 0 Å². The minimum Gasteiger partial charge on any atom is -0.382 e. The number of rotatable bonds is 2. The molecule has 0 radical (unpaired) electrons. The molecule has 5 rings (SSSR count). The van der Waals surface area contributed by atoms with Crippen LogP contribution in [0.4, 0.5) is 18.9 Å². The third-order valence-electron chi connectivity index (χ3n) is 5.54. The van der Waals surface area contributed by atoms with E-state index in [2.05, 4.69) is 5.32 Å². The highest BCUT2D eigenvalue weighted by Gasteiger charge is 2.48. The van der Waals surface area contributed by atoms with E-state index in [1.807, 2.05) is 0 Å². The first kappa shape index (κ1) is 12.5. The largest absolute Gasteiger partial charge is 0.382 e. The SMILES string of the molecule is Fc1cc(NC2C3CC4CC(C3)CC2C4)cc(F)c1F. The van der Waals surface area contributed by atoms with Crippen LogP contribution in [0.3, 0.4) is 0 Å². The molecule has 4 fully saturated rings. The Hall–Kier alpha value is -1.19. The first-order chi connectivity index (χ1) is 9.60. The maximum absolute atomic E-state index is 13.3. The van der Waals surface area contributed by atoms with E-state index in [4.69, 9.17) is 0 Å². The fourth-order valence-electron chi connectivity index (χ4n) is 4.99. The van der Waals surface area contributed by atoms with Crippen LogP contribution >= 0.6 is 0 Å². The van der Waals surface area contributed by atoms with Crippen molar-refractivity contribution in [2.45, 2.75) is 38.1 Å². The molecule has 108 valence electrons. The van der Waals surface area contributed by atoms with Gasteiger partial charge in [-0.2, -0.15) is 0 Å². The Balaban J connectivity index is 1.57. The van der Waals surface area contributed by atoms with Crippen LogP contribution in [0.2, 0.25) is 0 Å². The topological polar surface area (TPSA) is 12.0 Å². The number of halogens is 3. The van der Waals surface area contributed by atoms with Gasteiger partial charge in [-0.25, -0.2) is 13.2 Å². The van der Waals surface area contributed by atoms with Crippen LogP contribution in [0.5, 0.6) is 0 Å². The summed E-state index contributed by atoms with van der Waals surface area (Å²) < 4.78 is 39.6. The number of anilines is 1. The Morgan fingerprint density at radius 1 is 0.800 bits per heavy atom. The predicted molar refractivity (Wildman–Crippen MR) is 70.8 cm³/mol. The minimum atomic E-state index is -1.39. The molecule has 1 aromatic carbocycles. The highest BCUT2D eigenvalue weighted by Crippen LogP contribution is 2.54. The summed E-state index contributed by atoms with van der Waals surface area (Å²) in [5.41, 5.74) is 0.374. The van der Waals surface area contributed by atoms with E-state index in [0.29, 0.717) is 23.6 Å². The molecule has 0 spiro atoms. The van der Waals surface area contributed by atoms with Gasteiger partial charge in [0.15, 0.2) is 17.5 Å². The van der Waals surface area contributed by atoms with Crippen molar-refractivity contribution in [3.8, 4) is 0 Å². The molecular formula is C16H18F3N. The summed E-state index contributed by atoms with van der Waals surface area (Å²) in [4.78, 5) is 0. The van der Waals surface area contributed by atoms with Gasteiger partial charge in [0.2, 0.25) is 0 Å². The van der Waals surface area contributed by atoms with Gasteiger partial charge in [-0.3, -0.25) is 0 Å². The Morgan fingerprint density at radius 2 is 1.30 bits per heavy atom. The highest BCUT2D eigenvalue weighted by molar-refractivity contribution is 5.45. The molecule has 4 aliphatic carbocycles. The van der Waals surface area contributed by atoms with Crippen LogP contribution in [0.15, 0.2) is 12.1 Å². The van der Waals surface area contributed by atoms with Gasteiger partial charge in [0.05, 0.1) is 0 Å². The van der Waals surface area contributed by atoms with Crippen LogP contribution in [0.1, 0.15) is 32.1 Å². The highest BCUT2D eigenvalue weighted by atomic mass is 19.2. The summed E-state index contributed by atoms with van der Waals surface area (Å²) in [5.74, 6) is -0.674. The van der Waals surface area contributed by atoms with Crippen molar-refractivity contribution in [2.75, 3.05) is 5.32 Å². The first-order valence-corrected chi connectivity index (χ1v) is 7.51. The molecule has 0 unspecified atom stereocenters. The molecule has 0 amide bonds. The maximum Gasteiger partial charge on any atom is 0.194 e. The van der Waals surface area contributed by atoms with Crippen molar-refractivity contribution < 1.29 is 13.2 Å². The summed E-state index contributed by atoms with van der Waals surface area (Å²) in [7, 11) is 0. The lowest BCUT2D eigenvalue weighted by Gasteiger charge is -2.54. The second-order valence-electron chi connectivity index (χ2n) is 6.85. The second kappa shape index (κ2) is 4.40. The van der Waals surface area contributed by atoms with E-state index < -0.39 is 17.5 Å². The first-order valence-electron chi connectivity index (χ1n) is 7.51. The molecular weight excluding hydrogens is 263 g/mol. The number of hydrogen-bond donors (Lipinski definition) is 1. The average molecular weight is 281 g/mol. The molecule has 4 bridgehead atoms. The molecule has 4 saturated carbocycles. The maximum atomic E-state index is 13.3. The molecule has 0 atom stereocenters. The standard InChI is InChI=1S/C16H18F3N/c17-13-6-12(7-14(18)15(13)19)20-16-10-2-8-1-9(4-10)5-11(16)3-8/h6-11,16,20H,1-5H2. The van der Waals surface area contributed by atoms with Gasteiger partial charge in [0, 0.05) is 23.9 Å². The monoisotopic (exact) mass is 281 g/mol. The molecule has 1 nitrogen and oxygen atoms in total. The lowest BCUT2D eigenvalue weighted by Crippen LogP contribution is -2.51. The molecule has 0 heterocycles. The normalized spacial score (nSPS) is 38.2. The average Bonchev–Trinajstić information content (AvgIpc) is 2.39. The van der Waals surface area contributed by atoms with E-state index in [0.717, 1.165) is 24.0 Å². The van der Waals surface area contributed by atoms with Crippen LogP contribution < -0.4 is 5.32 Å². The third-order valence-corrected chi connectivity index (χ3v) is 5.54. The van der Waals surface area contributed by atoms with Crippen molar-refractivity contribution in [1.29, 1.82) is 0 Å². The minimum absolute atomic E-state index is 0.298. The van der Waals surface area contributed by atoms with E-state index >= 15 is 0 Å². The van der Waals surface area contributed by atoms with Gasteiger partial charge in [-0.05, 0) is 55.8 Å². The van der Waals surface area contributed by atoms with E-state index in [1.165, 1.54) is 32.1 Å². The zero-order chi connectivity index (χ0) is 13.9. The zero-order valence-electron chi connectivity index (χ0n) is 11.2. The molecule has 4 aliphatic rings. The van der Waals surface area contributed by atoms with Gasteiger partial charge in [0.1, 0.15) is 0 Å². The fourth-order valence-corrected chi connectivity index (χ4v) is 4.99. The molecule has 0 saturated heterocycles. The van der Waals surface area contributed by atoms with Crippen LogP contribution in [-0.4, -0.2) is 6.04 Å². The second-order valence-corrected chi connectivity index (χ2v) is 6.85. The van der Waals surface area contributed by atoms with Crippen LogP contribution in [-0.2, 0) is 0 Å². The van der Waals surface area contributed by atoms with Gasteiger partial charge < -0.3 is 5.32 Å².